The van der Waals surface area contributed by atoms with E-state index in [-0.39, 0.29) is 11.3 Å². The first kappa shape index (κ1) is 27.9. The summed E-state index contributed by atoms with van der Waals surface area (Å²) in [6.45, 7) is 16.2. The van der Waals surface area contributed by atoms with Crippen LogP contribution in [0, 0.1) is 5.92 Å². The molecule has 4 heteroatoms. The van der Waals surface area contributed by atoms with Crippen molar-refractivity contribution in [1.29, 1.82) is 0 Å². The number of rotatable bonds is 12. The first-order valence-corrected chi connectivity index (χ1v) is 15.5. The maximum atomic E-state index is 6.86. The maximum absolute atomic E-state index is 6.86. The van der Waals surface area contributed by atoms with Crippen LogP contribution in [0.4, 0.5) is 0 Å². The molecule has 0 saturated carbocycles. The van der Waals surface area contributed by atoms with Gasteiger partial charge in [-0.15, -0.1) is 0 Å². The highest BCUT2D eigenvalue weighted by molar-refractivity contribution is 7.46. The van der Waals surface area contributed by atoms with Crippen LogP contribution < -0.4 is 9.26 Å². The number of hydrogen-bond acceptors (Lipinski definition) is 3. The Kier molecular flexibility index (Phi) is 9.54. The van der Waals surface area contributed by atoms with Crippen LogP contribution in [0.5, 0.6) is 11.5 Å². The van der Waals surface area contributed by atoms with Crippen molar-refractivity contribution in [2.75, 3.05) is 6.61 Å². The SMILES string of the molecule is C=C1Oc2cc(C(C)(C)CCCCCC)cc(OP(Cc3ccccc3)OCC)c2C2C=C(C)CCC12. The molecule has 0 saturated heterocycles. The molecule has 37 heavy (non-hydrogen) atoms. The monoisotopic (exact) mass is 520 g/mol. The van der Waals surface area contributed by atoms with Gasteiger partial charge in [0.2, 0.25) is 8.38 Å². The van der Waals surface area contributed by atoms with Crippen molar-refractivity contribution in [2.45, 2.75) is 97.1 Å². The fourth-order valence-corrected chi connectivity index (χ4v) is 7.02. The van der Waals surface area contributed by atoms with E-state index in [4.69, 9.17) is 13.8 Å². The summed E-state index contributed by atoms with van der Waals surface area (Å²) < 4.78 is 19.5. The third-order valence-electron chi connectivity index (χ3n) is 7.90. The van der Waals surface area contributed by atoms with Crippen LogP contribution in [0.1, 0.15) is 102 Å². The van der Waals surface area contributed by atoms with Gasteiger partial charge in [-0.3, -0.25) is 0 Å². The summed E-state index contributed by atoms with van der Waals surface area (Å²) >= 11 is 0. The first-order valence-electron chi connectivity index (χ1n) is 14.2. The van der Waals surface area contributed by atoms with Crippen molar-refractivity contribution >= 4 is 8.38 Å². The number of unbranched alkanes of at least 4 members (excludes halogenated alkanes) is 3. The number of benzene rings is 2. The molecule has 0 fully saturated rings. The van der Waals surface area contributed by atoms with E-state index in [1.165, 1.54) is 47.9 Å². The molecule has 0 amide bonds. The van der Waals surface area contributed by atoms with Crippen LogP contribution in [0.15, 0.2) is 66.5 Å². The highest BCUT2D eigenvalue weighted by Crippen LogP contribution is 2.55. The van der Waals surface area contributed by atoms with Crippen LogP contribution >= 0.6 is 8.38 Å². The lowest BCUT2D eigenvalue weighted by atomic mass is 9.73. The van der Waals surface area contributed by atoms with Crippen molar-refractivity contribution in [3.8, 4) is 11.5 Å². The van der Waals surface area contributed by atoms with Crippen molar-refractivity contribution in [1.82, 2.24) is 0 Å². The van der Waals surface area contributed by atoms with E-state index in [2.05, 4.69) is 82.8 Å². The average Bonchev–Trinajstić information content (AvgIpc) is 2.87. The second-order valence-corrected chi connectivity index (χ2v) is 12.7. The van der Waals surface area contributed by atoms with Crippen LogP contribution in [0.2, 0.25) is 0 Å². The number of hydrogen-bond donors (Lipinski definition) is 0. The highest BCUT2D eigenvalue weighted by Gasteiger charge is 2.39. The molecule has 2 aromatic carbocycles. The van der Waals surface area contributed by atoms with Gasteiger partial charge in [0, 0.05) is 17.4 Å². The van der Waals surface area contributed by atoms with Gasteiger partial charge in [-0.25, -0.2) is 0 Å². The minimum atomic E-state index is -1.14. The summed E-state index contributed by atoms with van der Waals surface area (Å²) in [5.41, 5.74) is 5.13. The number of fused-ring (bicyclic) bond motifs is 3. The molecular weight excluding hydrogens is 475 g/mol. The first-order chi connectivity index (χ1) is 17.8. The van der Waals surface area contributed by atoms with E-state index in [0.717, 1.165) is 42.7 Å². The third-order valence-corrected chi connectivity index (χ3v) is 9.47. The van der Waals surface area contributed by atoms with Gasteiger partial charge in [0.05, 0.1) is 12.8 Å². The van der Waals surface area contributed by atoms with E-state index in [1.54, 1.807) is 0 Å². The second kappa shape index (κ2) is 12.6. The van der Waals surface area contributed by atoms with E-state index in [9.17, 15) is 0 Å². The molecule has 3 atom stereocenters. The van der Waals surface area contributed by atoms with Crippen molar-refractivity contribution in [3.05, 3.63) is 83.1 Å². The highest BCUT2D eigenvalue weighted by atomic mass is 31.2. The molecule has 2 aromatic rings. The van der Waals surface area contributed by atoms with Crippen LogP contribution in [0.25, 0.3) is 0 Å². The second-order valence-electron chi connectivity index (χ2n) is 11.3. The fraction of sp³-hybridized carbons (Fsp3) is 0.515. The zero-order chi connectivity index (χ0) is 26.4. The van der Waals surface area contributed by atoms with E-state index in [1.807, 2.05) is 6.92 Å². The summed E-state index contributed by atoms with van der Waals surface area (Å²) in [6, 6.07) is 15.1. The topological polar surface area (TPSA) is 27.7 Å². The quantitative estimate of drug-likeness (QED) is 0.158. The molecule has 1 aliphatic heterocycles. The summed E-state index contributed by atoms with van der Waals surface area (Å²) in [5.74, 6) is 3.26. The molecule has 1 aliphatic carbocycles. The molecule has 0 radical (unpaired) electrons. The summed E-state index contributed by atoms with van der Waals surface area (Å²) in [5, 5.41) is 0. The lowest BCUT2D eigenvalue weighted by Crippen LogP contribution is -2.27. The van der Waals surface area contributed by atoms with E-state index in [0.29, 0.717) is 12.5 Å². The Morgan fingerprint density at radius 1 is 1.08 bits per heavy atom. The summed E-state index contributed by atoms with van der Waals surface area (Å²) in [6.07, 6.45) is 11.5. The third kappa shape index (κ3) is 6.87. The largest absolute Gasteiger partial charge is 0.462 e. The van der Waals surface area contributed by atoms with Gasteiger partial charge >= 0.3 is 0 Å². The lowest BCUT2D eigenvalue weighted by molar-refractivity contribution is 0.274. The van der Waals surface area contributed by atoms with E-state index >= 15 is 0 Å². The van der Waals surface area contributed by atoms with Crippen molar-refractivity contribution in [3.63, 3.8) is 0 Å². The van der Waals surface area contributed by atoms with Gasteiger partial charge in [0.25, 0.3) is 0 Å². The van der Waals surface area contributed by atoms with Gasteiger partial charge in [-0.05, 0) is 61.8 Å². The molecule has 2 aliphatic rings. The van der Waals surface area contributed by atoms with Gasteiger partial charge in [0.1, 0.15) is 17.3 Å². The maximum Gasteiger partial charge on any atom is 0.234 e. The summed E-state index contributed by atoms with van der Waals surface area (Å²) in [4.78, 5) is 0. The molecule has 4 rings (SSSR count). The zero-order valence-electron chi connectivity index (χ0n) is 23.5. The van der Waals surface area contributed by atoms with Gasteiger partial charge in [-0.2, -0.15) is 0 Å². The van der Waals surface area contributed by atoms with Crippen molar-refractivity contribution < 1.29 is 13.8 Å². The molecular formula is C33H45O3P. The van der Waals surface area contributed by atoms with Crippen LogP contribution in [0.3, 0.4) is 0 Å². The van der Waals surface area contributed by atoms with Crippen LogP contribution in [-0.4, -0.2) is 6.61 Å². The number of allylic oxidation sites excluding steroid dienone is 3. The predicted molar refractivity (Wildman–Crippen MR) is 157 cm³/mol. The normalized spacial score (nSPS) is 19.9. The molecule has 3 unspecified atom stereocenters. The minimum Gasteiger partial charge on any atom is -0.462 e. The fourth-order valence-electron chi connectivity index (χ4n) is 5.64. The predicted octanol–water partition coefficient (Wildman–Crippen LogP) is 10.2. The molecule has 1 heterocycles. The Hall–Kier alpha value is -2.09. The molecule has 0 spiro atoms. The number of ether oxygens (including phenoxy) is 1. The van der Waals surface area contributed by atoms with Crippen molar-refractivity contribution in [2.24, 2.45) is 5.92 Å². The smallest absolute Gasteiger partial charge is 0.234 e. The molecule has 0 aromatic heterocycles. The molecule has 3 nitrogen and oxygen atoms in total. The zero-order valence-corrected chi connectivity index (χ0v) is 24.4. The average molecular weight is 521 g/mol. The van der Waals surface area contributed by atoms with E-state index < -0.39 is 8.38 Å². The summed E-state index contributed by atoms with van der Waals surface area (Å²) in [7, 11) is -1.14. The Morgan fingerprint density at radius 2 is 1.86 bits per heavy atom. The van der Waals surface area contributed by atoms with Gasteiger partial charge < -0.3 is 13.8 Å². The molecule has 0 bridgehead atoms. The minimum absolute atomic E-state index is 0.0224. The molecule has 0 N–H and O–H groups in total. The van der Waals surface area contributed by atoms with Crippen LogP contribution in [-0.2, 0) is 16.1 Å². The Balaban J connectivity index is 1.74. The van der Waals surface area contributed by atoms with Gasteiger partial charge in [0.15, 0.2) is 0 Å². The molecule has 200 valence electrons. The Bertz CT molecular complexity index is 1090. The lowest BCUT2D eigenvalue weighted by Gasteiger charge is -2.39. The standard InChI is InChI=1S/C33H45O3P/c1-7-9-10-14-19-33(5,6)27-21-30-32(29-20-24(3)17-18-28(29)25(4)35-30)31(22-27)36-37(34-8-2)23-26-15-12-11-13-16-26/h11-13,15-16,20-22,28-29H,4,7-10,14,17-19,23H2,1-3,5-6H3. The Morgan fingerprint density at radius 3 is 2.59 bits per heavy atom. The van der Waals surface area contributed by atoms with Gasteiger partial charge in [-0.1, -0.05) is 95.0 Å². The Labute approximate surface area is 226 Å².